The molecule has 2 aromatic heterocycles. The van der Waals surface area contributed by atoms with E-state index in [-0.39, 0.29) is 19.1 Å². The summed E-state index contributed by atoms with van der Waals surface area (Å²) in [5.41, 5.74) is 8.00. The number of benzene rings is 1. The van der Waals surface area contributed by atoms with E-state index in [1.165, 1.54) is 44.9 Å². The van der Waals surface area contributed by atoms with Gasteiger partial charge in [0.15, 0.2) is 11.5 Å². The Bertz CT molecular complexity index is 1260. The number of nitrogen functional groups attached to an aromatic ring is 1. The molecule has 3 rings (SSSR count). The molecule has 0 saturated heterocycles. The van der Waals surface area contributed by atoms with Gasteiger partial charge in [0.1, 0.15) is 18.2 Å². The van der Waals surface area contributed by atoms with Crippen molar-refractivity contribution in [3.05, 3.63) is 48.5 Å². The van der Waals surface area contributed by atoms with Crippen molar-refractivity contribution in [3.8, 4) is 11.8 Å². The average molecular weight is 586 g/mol. The minimum atomic E-state index is -3.85. The van der Waals surface area contributed by atoms with Crippen LogP contribution in [0.3, 0.4) is 0 Å². The van der Waals surface area contributed by atoms with Crippen molar-refractivity contribution in [2.75, 3.05) is 31.9 Å². The number of hydrogen-bond acceptors (Lipinski definition) is 8. The van der Waals surface area contributed by atoms with Gasteiger partial charge < -0.3 is 29.2 Å². The van der Waals surface area contributed by atoms with E-state index in [0.717, 1.165) is 24.8 Å². The zero-order chi connectivity index (χ0) is 29.2. The largest absolute Gasteiger partial charge is 0.382 e. The summed E-state index contributed by atoms with van der Waals surface area (Å²) in [7, 11) is -3.85. The van der Waals surface area contributed by atoms with Crippen LogP contribution in [-0.4, -0.2) is 56.7 Å². The molecule has 224 valence electrons. The lowest BCUT2D eigenvalue weighted by molar-refractivity contribution is 0.0688. The van der Waals surface area contributed by atoms with Gasteiger partial charge in [-0.25, -0.2) is 15.0 Å². The Balaban J connectivity index is 1.10. The van der Waals surface area contributed by atoms with E-state index in [1.807, 2.05) is 30.3 Å². The van der Waals surface area contributed by atoms with Crippen LogP contribution in [0.4, 0.5) is 5.82 Å². The zero-order valence-corrected chi connectivity index (χ0v) is 25.0. The highest BCUT2D eigenvalue weighted by molar-refractivity contribution is 7.52. The number of imidazole rings is 1. The molecule has 0 amide bonds. The molecule has 2 atom stereocenters. The molecule has 2 heterocycles. The first-order valence-electron chi connectivity index (χ1n) is 14.6. The highest BCUT2D eigenvalue weighted by atomic mass is 31.2. The van der Waals surface area contributed by atoms with Gasteiger partial charge in [-0.3, -0.25) is 4.57 Å². The Morgan fingerprint density at radius 2 is 1.66 bits per heavy atom. The quantitative estimate of drug-likeness (QED) is 0.0938. The molecule has 0 aliphatic rings. The second-order valence-corrected chi connectivity index (χ2v) is 11.9. The number of aromatic nitrogens is 4. The molecule has 0 saturated carbocycles. The zero-order valence-electron chi connectivity index (χ0n) is 24.1. The summed E-state index contributed by atoms with van der Waals surface area (Å²) in [5.74, 6) is 6.78. The number of anilines is 1. The molecule has 0 radical (unpaired) electrons. The normalized spacial score (nSPS) is 13.5. The number of rotatable bonds is 20. The first-order valence-corrected chi connectivity index (χ1v) is 16.3. The summed E-state index contributed by atoms with van der Waals surface area (Å²) in [4.78, 5) is 22.4. The van der Waals surface area contributed by atoms with Crippen molar-refractivity contribution < 1.29 is 23.5 Å². The van der Waals surface area contributed by atoms with Gasteiger partial charge in [0.2, 0.25) is 0 Å². The third-order valence-electron chi connectivity index (χ3n) is 6.48. The molecule has 0 aliphatic carbocycles. The van der Waals surface area contributed by atoms with Crippen LogP contribution in [0.15, 0.2) is 43.0 Å². The van der Waals surface area contributed by atoms with Crippen molar-refractivity contribution in [3.63, 3.8) is 0 Å². The third kappa shape index (κ3) is 13.2. The summed E-state index contributed by atoms with van der Waals surface area (Å²) in [6.07, 6.45) is 13.4. The van der Waals surface area contributed by atoms with Crippen LogP contribution in [0.25, 0.3) is 11.2 Å². The predicted molar refractivity (Wildman–Crippen MR) is 161 cm³/mol. The van der Waals surface area contributed by atoms with Gasteiger partial charge in [-0.05, 0) is 38.3 Å². The number of unbranched alkanes of at least 4 members (excludes halogenated alkanes) is 8. The number of fused-ring (bicyclic) bond motifs is 1. The van der Waals surface area contributed by atoms with Crippen LogP contribution in [-0.2, 0) is 25.1 Å². The van der Waals surface area contributed by atoms with E-state index < -0.39 is 7.60 Å². The molecule has 41 heavy (non-hydrogen) atoms. The van der Waals surface area contributed by atoms with Gasteiger partial charge in [0.25, 0.3) is 0 Å². The van der Waals surface area contributed by atoms with Crippen molar-refractivity contribution in [1.82, 2.24) is 19.5 Å². The number of hydrogen-bond donors (Lipinski definition) is 2. The Kier molecular flexibility index (Phi) is 14.8. The van der Waals surface area contributed by atoms with Crippen LogP contribution in [0, 0.1) is 11.8 Å². The third-order valence-corrected chi connectivity index (χ3v) is 7.54. The summed E-state index contributed by atoms with van der Waals surface area (Å²) in [6.45, 7) is 3.55. The summed E-state index contributed by atoms with van der Waals surface area (Å²) >= 11 is 0. The Morgan fingerprint density at radius 1 is 0.951 bits per heavy atom. The minimum Gasteiger partial charge on any atom is -0.382 e. The Morgan fingerprint density at radius 3 is 2.44 bits per heavy atom. The molecular weight excluding hydrogens is 541 g/mol. The van der Waals surface area contributed by atoms with Gasteiger partial charge >= 0.3 is 7.60 Å². The second-order valence-electron chi connectivity index (χ2n) is 10.1. The fourth-order valence-corrected chi connectivity index (χ4v) is 5.19. The smallest absolute Gasteiger partial charge is 0.353 e. The molecule has 11 heteroatoms. The van der Waals surface area contributed by atoms with Crippen LogP contribution < -0.4 is 5.73 Å². The van der Waals surface area contributed by atoms with Crippen LogP contribution in [0.5, 0.6) is 0 Å². The topological polar surface area (TPSA) is 135 Å². The van der Waals surface area contributed by atoms with Gasteiger partial charge in [-0.15, -0.1) is 0 Å². The van der Waals surface area contributed by atoms with Gasteiger partial charge in [0, 0.05) is 25.2 Å². The minimum absolute atomic E-state index is 0.145. The van der Waals surface area contributed by atoms with Gasteiger partial charge in [-0.1, -0.05) is 68.6 Å². The Labute approximate surface area is 243 Å². The fraction of sp³-hybridized carbons (Fsp3) is 0.567. The van der Waals surface area contributed by atoms with Crippen molar-refractivity contribution >= 4 is 24.6 Å². The van der Waals surface area contributed by atoms with Crippen LogP contribution in [0.1, 0.15) is 76.7 Å². The first kappa shape index (κ1) is 32.7. The maximum Gasteiger partial charge on any atom is 0.353 e. The standard InChI is InChI=1S/C30H44N5O5P/c1-26(22-35-24-34-28-29(31)32-23-33-30(28)35)39-25-41(36,37)40-21-15-20-38-19-14-9-7-5-3-2-4-6-8-11-16-27-17-12-10-13-18-27/h10,12-13,17-18,23-24,26H,2-9,14-15,19-22,25H2,1H3,(H,36,37)(H2,31,32,33)/t26-/m1/s1. The van der Waals surface area contributed by atoms with Crippen molar-refractivity contribution in [2.24, 2.45) is 0 Å². The predicted octanol–water partition coefficient (Wildman–Crippen LogP) is 5.94. The number of ether oxygens (including phenoxy) is 2. The lowest BCUT2D eigenvalue weighted by Gasteiger charge is -2.17. The molecular formula is C30H44N5O5P. The summed E-state index contributed by atoms with van der Waals surface area (Å²) in [6, 6.07) is 10.1. The molecule has 10 nitrogen and oxygen atoms in total. The van der Waals surface area contributed by atoms with Gasteiger partial charge in [-0.2, -0.15) is 0 Å². The van der Waals surface area contributed by atoms with E-state index in [0.29, 0.717) is 43.2 Å². The van der Waals surface area contributed by atoms with Crippen LogP contribution in [0.2, 0.25) is 0 Å². The van der Waals surface area contributed by atoms with Crippen molar-refractivity contribution in [2.45, 2.75) is 83.8 Å². The van der Waals surface area contributed by atoms with Crippen LogP contribution >= 0.6 is 7.60 Å². The highest BCUT2D eigenvalue weighted by Gasteiger charge is 2.21. The van der Waals surface area contributed by atoms with E-state index in [9.17, 15) is 9.46 Å². The maximum absolute atomic E-state index is 12.3. The first-order chi connectivity index (χ1) is 19.9. The molecule has 3 N–H and O–H groups in total. The van der Waals surface area contributed by atoms with Gasteiger partial charge in [0.05, 0.1) is 25.6 Å². The highest BCUT2D eigenvalue weighted by Crippen LogP contribution is 2.42. The molecule has 0 fully saturated rings. The Hall–Kier alpha value is -2.80. The maximum atomic E-state index is 12.3. The van der Waals surface area contributed by atoms with E-state index in [2.05, 4.69) is 26.8 Å². The lowest BCUT2D eigenvalue weighted by Crippen LogP contribution is -2.17. The lowest BCUT2D eigenvalue weighted by atomic mass is 10.1. The van der Waals surface area contributed by atoms with E-state index >= 15 is 0 Å². The fourth-order valence-electron chi connectivity index (χ4n) is 4.26. The summed E-state index contributed by atoms with van der Waals surface area (Å²) in [5, 5.41) is 0. The number of nitrogens with zero attached hydrogens (tertiary/aromatic N) is 4. The molecule has 1 aromatic carbocycles. The molecule has 3 aromatic rings. The SMILES string of the molecule is C[C@H](Cn1cnc2c(N)ncnc21)OCP(=O)(O)OCCCOCCCCCCCCCCC#Cc1ccccc1. The molecule has 0 spiro atoms. The molecule has 0 bridgehead atoms. The molecule has 0 aliphatic heterocycles. The average Bonchev–Trinajstić information content (AvgIpc) is 3.38. The number of nitrogens with two attached hydrogens (primary N) is 1. The van der Waals surface area contributed by atoms with E-state index in [1.54, 1.807) is 17.8 Å². The summed E-state index contributed by atoms with van der Waals surface area (Å²) < 4.78 is 30.4. The molecule has 1 unspecified atom stereocenters. The second kappa shape index (κ2) is 18.6. The van der Waals surface area contributed by atoms with E-state index in [4.69, 9.17) is 19.7 Å². The monoisotopic (exact) mass is 585 g/mol. The van der Waals surface area contributed by atoms with Crippen molar-refractivity contribution in [1.29, 1.82) is 0 Å².